The van der Waals surface area contributed by atoms with Crippen molar-refractivity contribution in [3.8, 4) is 0 Å². The van der Waals surface area contributed by atoms with Crippen molar-refractivity contribution in [3.05, 3.63) is 53.6 Å². The molecule has 2 atom stereocenters. The predicted molar refractivity (Wildman–Crippen MR) is 127 cm³/mol. The van der Waals surface area contributed by atoms with Crippen LogP contribution in [0.2, 0.25) is 0 Å². The molecule has 2 aromatic rings. The number of unbranched alkanes of at least 4 members (excludes halogenated alkanes) is 6. The number of aromatic nitrogens is 2. The van der Waals surface area contributed by atoms with Gasteiger partial charge in [0.1, 0.15) is 5.82 Å². The van der Waals surface area contributed by atoms with Crippen molar-refractivity contribution >= 4 is 0 Å². The van der Waals surface area contributed by atoms with Crippen molar-refractivity contribution in [2.24, 2.45) is 0 Å². The van der Waals surface area contributed by atoms with E-state index in [-0.39, 0.29) is 0 Å². The molecule has 0 radical (unpaired) electrons. The molecule has 0 aliphatic heterocycles. The first kappa shape index (κ1) is 23.7. The van der Waals surface area contributed by atoms with Crippen molar-refractivity contribution in [2.75, 3.05) is 0 Å². The highest BCUT2D eigenvalue weighted by Gasteiger charge is 2.14. The molecular weight excluding hydrogens is 352 g/mol. The summed E-state index contributed by atoms with van der Waals surface area (Å²) >= 11 is 0. The third kappa shape index (κ3) is 9.19. The van der Waals surface area contributed by atoms with Crippen molar-refractivity contribution < 1.29 is 0 Å². The average Bonchev–Trinajstić information content (AvgIpc) is 3.27. The summed E-state index contributed by atoms with van der Waals surface area (Å²) in [4.78, 5) is 7.81. The minimum absolute atomic E-state index is 0.589. The number of aromatic amines is 1. The van der Waals surface area contributed by atoms with Crippen LogP contribution in [0.15, 0.2) is 36.7 Å². The maximum atomic E-state index is 4.49. The van der Waals surface area contributed by atoms with Crippen LogP contribution in [-0.2, 0) is 6.42 Å². The van der Waals surface area contributed by atoms with Gasteiger partial charge >= 0.3 is 0 Å². The van der Waals surface area contributed by atoms with E-state index in [1.54, 1.807) is 0 Å². The minimum atomic E-state index is 0.589. The Morgan fingerprint density at radius 2 is 1.52 bits per heavy atom. The molecule has 2 rings (SSSR count). The summed E-state index contributed by atoms with van der Waals surface area (Å²) in [5.74, 6) is 2.40. The van der Waals surface area contributed by atoms with Crippen molar-refractivity contribution in [1.82, 2.24) is 9.97 Å². The number of H-pyrrole nitrogens is 1. The number of rotatable bonds is 16. The molecule has 0 spiro atoms. The van der Waals surface area contributed by atoms with Crippen LogP contribution in [0.3, 0.4) is 0 Å². The third-order valence-corrected chi connectivity index (χ3v) is 6.35. The van der Waals surface area contributed by atoms with Crippen LogP contribution < -0.4 is 0 Å². The van der Waals surface area contributed by atoms with Gasteiger partial charge in [-0.1, -0.05) is 96.4 Å². The predicted octanol–water partition coefficient (Wildman–Crippen LogP) is 8.56. The van der Waals surface area contributed by atoms with Crippen molar-refractivity contribution in [1.29, 1.82) is 0 Å². The number of nitrogens with zero attached hydrogens (tertiary/aromatic N) is 1. The second kappa shape index (κ2) is 14.4. The van der Waals surface area contributed by atoms with Crippen LogP contribution in [0.5, 0.6) is 0 Å². The summed E-state index contributed by atoms with van der Waals surface area (Å²) in [5.41, 5.74) is 3.01. The van der Waals surface area contributed by atoms with Crippen LogP contribution in [0.1, 0.15) is 127 Å². The zero-order chi connectivity index (χ0) is 20.7. The standard InChI is InChI=1S/C27H44N2/c1-4-6-7-8-9-10-11-15-24-17-19-25(20-18-24)23(3)14-12-16-26(13-5-2)27-28-21-22-29-27/h17-23,26H,4-16H2,1-3H3,(H,28,29). The molecular formula is C27H44N2. The highest BCUT2D eigenvalue weighted by atomic mass is 14.9. The molecule has 162 valence electrons. The Balaban J connectivity index is 1.66. The molecule has 0 aliphatic carbocycles. The van der Waals surface area contributed by atoms with Crippen molar-refractivity contribution in [2.45, 2.75) is 116 Å². The number of imidazole rings is 1. The van der Waals surface area contributed by atoms with E-state index in [9.17, 15) is 0 Å². The Bertz CT molecular complexity index is 614. The molecule has 29 heavy (non-hydrogen) atoms. The average molecular weight is 397 g/mol. The van der Waals surface area contributed by atoms with Gasteiger partial charge in [-0.3, -0.25) is 0 Å². The second-order valence-electron chi connectivity index (χ2n) is 8.90. The fourth-order valence-corrected chi connectivity index (χ4v) is 4.40. The van der Waals surface area contributed by atoms with E-state index in [2.05, 4.69) is 55.0 Å². The maximum absolute atomic E-state index is 4.49. The largest absolute Gasteiger partial charge is 0.348 e. The van der Waals surface area contributed by atoms with Crippen LogP contribution in [0, 0.1) is 0 Å². The Labute approximate surface area is 179 Å². The molecule has 0 amide bonds. The summed E-state index contributed by atoms with van der Waals surface area (Å²) in [6.45, 7) is 6.94. The molecule has 0 bridgehead atoms. The van der Waals surface area contributed by atoms with Gasteiger partial charge in [-0.05, 0) is 49.1 Å². The molecule has 2 heteroatoms. The molecule has 1 N–H and O–H groups in total. The SMILES string of the molecule is CCCCCCCCCc1ccc(C(C)CCCC(CCC)c2ncc[nH]2)cc1. The molecule has 0 saturated heterocycles. The van der Waals surface area contributed by atoms with Gasteiger partial charge in [0, 0.05) is 18.3 Å². The minimum Gasteiger partial charge on any atom is -0.348 e. The highest BCUT2D eigenvalue weighted by Crippen LogP contribution is 2.28. The van der Waals surface area contributed by atoms with Crippen LogP contribution in [0.4, 0.5) is 0 Å². The molecule has 2 unspecified atom stereocenters. The van der Waals surface area contributed by atoms with Gasteiger partial charge < -0.3 is 4.98 Å². The summed E-state index contributed by atoms with van der Waals surface area (Å²) in [7, 11) is 0. The lowest BCUT2D eigenvalue weighted by atomic mass is 9.90. The summed E-state index contributed by atoms with van der Waals surface area (Å²) in [5, 5.41) is 0. The summed E-state index contributed by atoms with van der Waals surface area (Å²) in [6.07, 6.45) is 21.0. The Kier molecular flexibility index (Phi) is 11.8. The number of benzene rings is 1. The Hall–Kier alpha value is -1.57. The van der Waals surface area contributed by atoms with E-state index in [0.717, 1.165) is 0 Å². The van der Waals surface area contributed by atoms with Crippen LogP contribution in [0.25, 0.3) is 0 Å². The highest BCUT2D eigenvalue weighted by molar-refractivity contribution is 5.25. The first-order valence-corrected chi connectivity index (χ1v) is 12.3. The molecule has 0 saturated carbocycles. The smallest absolute Gasteiger partial charge is 0.109 e. The van der Waals surface area contributed by atoms with E-state index in [0.29, 0.717) is 11.8 Å². The van der Waals surface area contributed by atoms with Gasteiger partial charge in [-0.15, -0.1) is 0 Å². The lowest BCUT2D eigenvalue weighted by Gasteiger charge is -2.16. The molecule has 1 aromatic heterocycles. The summed E-state index contributed by atoms with van der Waals surface area (Å²) < 4.78 is 0. The molecule has 1 aromatic carbocycles. The van der Waals surface area contributed by atoms with Gasteiger partial charge in [-0.25, -0.2) is 4.98 Å². The van der Waals surface area contributed by atoms with E-state index in [1.165, 1.54) is 100 Å². The van der Waals surface area contributed by atoms with E-state index < -0.39 is 0 Å². The molecule has 2 nitrogen and oxygen atoms in total. The monoisotopic (exact) mass is 396 g/mol. The lowest BCUT2D eigenvalue weighted by Crippen LogP contribution is -2.03. The zero-order valence-electron chi connectivity index (χ0n) is 19.3. The third-order valence-electron chi connectivity index (χ3n) is 6.35. The first-order valence-electron chi connectivity index (χ1n) is 12.3. The Morgan fingerprint density at radius 3 is 2.17 bits per heavy atom. The zero-order valence-corrected chi connectivity index (χ0v) is 19.3. The lowest BCUT2D eigenvalue weighted by molar-refractivity contribution is 0.496. The van der Waals surface area contributed by atoms with Gasteiger partial charge in [0.05, 0.1) is 0 Å². The van der Waals surface area contributed by atoms with Gasteiger partial charge in [0.2, 0.25) is 0 Å². The van der Waals surface area contributed by atoms with E-state index in [1.807, 2.05) is 12.4 Å². The summed E-state index contributed by atoms with van der Waals surface area (Å²) in [6, 6.07) is 9.48. The number of aryl methyl sites for hydroxylation is 1. The van der Waals surface area contributed by atoms with Crippen LogP contribution in [-0.4, -0.2) is 9.97 Å². The fraction of sp³-hybridized carbons (Fsp3) is 0.667. The van der Waals surface area contributed by atoms with E-state index in [4.69, 9.17) is 0 Å². The van der Waals surface area contributed by atoms with E-state index >= 15 is 0 Å². The molecule has 1 heterocycles. The van der Waals surface area contributed by atoms with Crippen molar-refractivity contribution in [3.63, 3.8) is 0 Å². The van der Waals surface area contributed by atoms with Gasteiger partial charge in [0.25, 0.3) is 0 Å². The maximum Gasteiger partial charge on any atom is 0.109 e. The second-order valence-corrected chi connectivity index (χ2v) is 8.90. The van der Waals surface area contributed by atoms with Gasteiger partial charge in [0.15, 0.2) is 0 Å². The fourth-order valence-electron chi connectivity index (χ4n) is 4.40. The van der Waals surface area contributed by atoms with Gasteiger partial charge in [-0.2, -0.15) is 0 Å². The molecule has 0 aliphatic rings. The topological polar surface area (TPSA) is 28.7 Å². The number of nitrogens with one attached hydrogen (secondary N) is 1. The quantitative estimate of drug-likeness (QED) is 0.283. The number of hydrogen-bond acceptors (Lipinski definition) is 1. The normalized spacial score (nSPS) is 13.5. The first-order chi connectivity index (χ1) is 14.2. The Morgan fingerprint density at radius 1 is 0.793 bits per heavy atom. The van der Waals surface area contributed by atoms with Crippen LogP contribution >= 0.6 is 0 Å². The molecule has 0 fully saturated rings. The number of hydrogen-bond donors (Lipinski definition) is 1.